The van der Waals surface area contributed by atoms with Crippen LogP contribution in [0, 0.1) is 0 Å². The SMILES string of the molecule is CCOC(=O)c1ccc(Cl)nc1OC. The normalized spacial score (nSPS) is 9.64. The Morgan fingerprint density at radius 3 is 2.86 bits per heavy atom. The fraction of sp³-hybridized carbons (Fsp3) is 0.333. The molecule has 5 heteroatoms. The van der Waals surface area contributed by atoms with E-state index in [1.54, 1.807) is 6.92 Å². The Balaban J connectivity index is 3.01. The lowest BCUT2D eigenvalue weighted by molar-refractivity contribution is 0.0522. The summed E-state index contributed by atoms with van der Waals surface area (Å²) in [5.74, 6) is -0.288. The highest BCUT2D eigenvalue weighted by Crippen LogP contribution is 2.19. The second kappa shape index (κ2) is 4.81. The molecule has 0 aromatic carbocycles. The highest BCUT2D eigenvalue weighted by atomic mass is 35.5. The van der Waals surface area contributed by atoms with Crippen LogP contribution in [0.1, 0.15) is 17.3 Å². The van der Waals surface area contributed by atoms with Gasteiger partial charge in [0.2, 0.25) is 5.88 Å². The third-order valence-electron chi connectivity index (χ3n) is 1.51. The quantitative estimate of drug-likeness (QED) is 0.571. The van der Waals surface area contributed by atoms with Gasteiger partial charge in [-0.2, -0.15) is 0 Å². The number of esters is 1. The van der Waals surface area contributed by atoms with Crippen LogP contribution < -0.4 is 4.74 Å². The third kappa shape index (κ3) is 2.35. The highest BCUT2D eigenvalue weighted by molar-refractivity contribution is 6.29. The summed E-state index contributed by atoms with van der Waals surface area (Å²) < 4.78 is 9.71. The van der Waals surface area contributed by atoms with Crippen molar-refractivity contribution in [1.82, 2.24) is 4.98 Å². The molecule has 0 bridgehead atoms. The van der Waals surface area contributed by atoms with Crippen molar-refractivity contribution in [1.29, 1.82) is 0 Å². The summed E-state index contributed by atoms with van der Waals surface area (Å²) >= 11 is 5.63. The molecule has 14 heavy (non-hydrogen) atoms. The second-order valence-electron chi connectivity index (χ2n) is 2.41. The summed E-state index contributed by atoms with van der Waals surface area (Å²) in [6, 6.07) is 3.03. The molecular formula is C9H10ClNO3. The smallest absolute Gasteiger partial charge is 0.343 e. The van der Waals surface area contributed by atoms with E-state index in [2.05, 4.69) is 4.98 Å². The molecule has 0 aliphatic heterocycles. The molecular weight excluding hydrogens is 206 g/mol. The number of aromatic nitrogens is 1. The molecule has 0 N–H and O–H groups in total. The molecule has 4 nitrogen and oxygen atoms in total. The number of pyridine rings is 1. The number of hydrogen-bond donors (Lipinski definition) is 0. The summed E-state index contributed by atoms with van der Waals surface area (Å²) in [7, 11) is 1.42. The number of carbonyl (C=O) groups excluding carboxylic acids is 1. The van der Waals surface area contributed by atoms with Crippen LogP contribution in [0.25, 0.3) is 0 Å². The Morgan fingerprint density at radius 2 is 2.29 bits per heavy atom. The first kappa shape index (κ1) is 10.8. The van der Waals surface area contributed by atoms with Crippen molar-refractivity contribution in [2.75, 3.05) is 13.7 Å². The van der Waals surface area contributed by atoms with E-state index >= 15 is 0 Å². The Bertz CT molecular complexity index is 341. The fourth-order valence-corrected chi connectivity index (χ4v) is 1.08. The van der Waals surface area contributed by atoms with Gasteiger partial charge in [-0.25, -0.2) is 9.78 Å². The molecule has 0 spiro atoms. The molecule has 0 saturated carbocycles. The predicted molar refractivity (Wildman–Crippen MR) is 51.8 cm³/mol. The van der Waals surface area contributed by atoms with Crippen LogP contribution >= 0.6 is 11.6 Å². The second-order valence-corrected chi connectivity index (χ2v) is 2.80. The molecule has 76 valence electrons. The molecule has 0 aliphatic rings. The highest BCUT2D eigenvalue weighted by Gasteiger charge is 2.14. The van der Waals surface area contributed by atoms with Gasteiger partial charge in [0.05, 0.1) is 13.7 Å². The van der Waals surface area contributed by atoms with Gasteiger partial charge in [-0.3, -0.25) is 0 Å². The van der Waals surface area contributed by atoms with Crippen molar-refractivity contribution in [2.24, 2.45) is 0 Å². The van der Waals surface area contributed by atoms with Crippen LogP contribution in [-0.4, -0.2) is 24.7 Å². The van der Waals surface area contributed by atoms with E-state index in [1.165, 1.54) is 19.2 Å². The van der Waals surface area contributed by atoms with E-state index in [-0.39, 0.29) is 16.6 Å². The van der Waals surface area contributed by atoms with E-state index in [9.17, 15) is 4.79 Å². The van der Waals surface area contributed by atoms with Crippen LogP contribution in [0.4, 0.5) is 0 Å². The molecule has 0 radical (unpaired) electrons. The summed E-state index contributed by atoms with van der Waals surface area (Å²) in [5.41, 5.74) is 0.277. The number of nitrogens with zero attached hydrogens (tertiary/aromatic N) is 1. The summed E-state index contributed by atoms with van der Waals surface area (Å²) in [6.45, 7) is 2.04. The van der Waals surface area contributed by atoms with E-state index < -0.39 is 5.97 Å². The van der Waals surface area contributed by atoms with Crippen molar-refractivity contribution in [3.05, 3.63) is 22.8 Å². The minimum atomic E-state index is -0.464. The largest absolute Gasteiger partial charge is 0.480 e. The van der Waals surface area contributed by atoms with Gasteiger partial charge in [0.25, 0.3) is 0 Å². The lowest BCUT2D eigenvalue weighted by Crippen LogP contribution is -2.07. The molecule has 1 aromatic rings. The zero-order valence-corrected chi connectivity index (χ0v) is 8.67. The average Bonchev–Trinajstić information content (AvgIpc) is 2.17. The Kier molecular flexibility index (Phi) is 3.71. The Morgan fingerprint density at radius 1 is 1.57 bits per heavy atom. The first-order valence-corrected chi connectivity index (χ1v) is 4.44. The van der Waals surface area contributed by atoms with E-state index in [0.717, 1.165) is 0 Å². The first-order valence-electron chi connectivity index (χ1n) is 4.06. The maximum absolute atomic E-state index is 11.4. The number of ether oxygens (including phenoxy) is 2. The van der Waals surface area contributed by atoms with Crippen molar-refractivity contribution in [3.8, 4) is 5.88 Å². The fourth-order valence-electron chi connectivity index (χ4n) is 0.938. The van der Waals surface area contributed by atoms with Gasteiger partial charge in [-0.1, -0.05) is 11.6 Å². The summed E-state index contributed by atoms with van der Waals surface area (Å²) in [6.07, 6.45) is 0. The molecule has 0 amide bonds. The molecule has 0 aliphatic carbocycles. The van der Waals surface area contributed by atoms with E-state index in [0.29, 0.717) is 6.61 Å². The number of halogens is 1. The maximum atomic E-state index is 11.4. The lowest BCUT2D eigenvalue weighted by atomic mass is 10.3. The van der Waals surface area contributed by atoms with Crippen molar-refractivity contribution in [2.45, 2.75) is 6.92 Å². The van der Waals surface area contributed by atoms with Gasteiger partial charge in [0, 0.05) is 0 Å². The van der Waals surface area contributed by atoms with Crippen molar-refractivity contribution < 1.29 is 14.3 Å². The third-order valence-corrected chi connectivity index (χ3v) is 1.73. The van der Waals surface area contributed by atoms with Crippen molar-refractivity contribution >= 4 is 17.6 Å². The molecule has 0 fully saturated rings. The van der Waals surface area contributed by atoms with Gasteiger partial charge in [-0.15, -0.1) is 0 Å². The van der Waals surface area contributed by atoms with Crippen LogP contribution in [0.2, 0.25) is 5.15 Å². The van der Waals surface area contributed by atoms with Crippen LogP contribution in [0.3, 0.4) is 0 Å². The minimum Gasteiger partial charge on any atom is -0.480 e. The molecule has 1 heterocycles. The number of methoxy groups -OCH3 is 1. The molecule has 1 aromatic heterocycles. The average molecular weight is 216 g/mol. The molecule has 0 atom stereocenters. The Hall–Kier alpha value is -1.29. The summed E-state index contributed by atoms with van der Waals surface area (Å²) in [4.78, 5) is 15.2. The van der Waals surface area contributed by atoms with Crippen LogP contribution in [0.5, 0.6) is 5.88 Å². The maximum Gasteiger partial charge on any atom is 0.343 e. The zero-order chi connectivity index (χ0) is 10.6. The van der Waals surface area contributed by atoms with Gasteiger partial charge >= 0.3 is 5.97 Å². The molecule has 0 unspecified atom stereocenters. The van der Waals surface area contributed by atoms with Crippen molar-refractivity contribution in [3.63, 3.8) is 0 Å². The van der Waals surface area contributed by atoms with Gasteiger partial charge in [0.15, 0.2) is 0 Å². The topological polar surface area (TPSA) is 48.4 Å². The Labute approximate surface area is 86.8 Å². The van der Waals surface area contributed by atoms with Crippen LogP contribution in [0.15, 0.2) is 12.1 Å². The summed E-state index contributed by atoms with van der Waals surface area (Å²) in [5, 5.41) is 0.273. The molecule has 1 rings (SSSR count). The van der Waals surface area contributed by atoms with E-state index in [4.69, 9.17) is 21.1 Å². The lowest BCUT2D eigenvalue weighted by Gasteiger charge is -2.06. The zero-order valence-electron chi connectivity index (χ0n) is 7.91. The van der Waals surface area contributed by atoms with Gasteiger partial charge in [-0.05, 0) is 19.1 Å². The van der Waals surface area contributed by atoms with E-state index in [1.807, 2.05) is 0 Å². The first-order chi connectivity index (χ1) is 6.69. The predicted octanol–water partition coefficient (Wildman–Crippen LogP) is 1.92. The molecule has 0 saturated heterocycles. The number of hydrogen-bond acceptors (Lipinski definition) is 4. The van der Waals surface area contributed by atoms with Crippen LogP contribution in [-0.2, 0) is 4.74 Å². The number of carbonyl (C=O) groups is 1. The monoisotopic (exact) mass is 215 g/mol. The number of rotatable bonds is 3. The van der Waals surface area contributed by atoms with Gasteiger partial charge in [0.1, 0.15) is 10.7 Å². The van der Waals surface area contributed by atoms with Gasteiger partial charge < -0.3 is 9.47 Å². The minimum absolute atomic E-state index is 0.177. The standard InChI is InChI=1S/C9H10ClNO3/c1-3-14-9(12)6-4-5-7(10)11-8(6)13-2/h4-5H,3H2,1-2H3.